The van der Waals surface area contributed by atoms with Crippen molar-refractivity contribution in [2.75, 3.05) is 6.54 Å². The third kappa shape index (κ3) is 4.97. The van der Waals surface area contributed by atoms with Crippen LogP contribution in [0, 0.1) is 5.92 Å². The normalized spacial score (nSPS) is 19.8. The standard InChI is InChI=1S/C13H25NO2/c1-10(12(15)16-13(2,3)4)9-14-11-7-5-6-8-11/h10-11,14H,5-9H2,1-4H3/t10-/m1/s1. The molecule has 0 aliphatic heterocycles. The molecule has 0 aromatic rings. The van der Waals surface area contributed by atoms with Gasteiger partial charge in [-0.05, 0) is 33.6 Å². The van der Waals surface area contributed by atoms with Gasteiger partial charge in [0, 0.05) is 12.6 Å². The third-order valence-corrected chi connectivity index (χ3v) is 2.88. The highest BCUT2D eigenvalue weighted by atomic mass is 16.6. The summed E-state index contributed by atoms with van der Waals surface area (Å²) in [6.07, 6.45) is 5.14. The highest BCUT2D eigenvalue weighted by Gasteiger charge is 2.23. The average molecular weight is 227 g/mol. The summed E-state index contributed by atoms with van der Waals surface area (Å²) in [7, 11) is 0. The third-order valence-electron chi connectivity index (χ3n) is 2.88. The minimum atomic E-state index is -0.376. The molecule has 1 fully saturated rings. The number of nitrogens with one attached hydrogen (secondary N) is 1. The van der Waals surface area contributed by atoms with E-state index in [-0.39, 0.29) is 17.5 Å². The second-order valence-corrected chi connectivity index (χ2v) is 5.82. The minimum absolute atomic E-state index is 0.0557. The molecule has 0 radical (unpaired) electrons. The van der Waals surface area contributed by atoms with Crippen molar-refractivity contribution in [3.05, 3.63) is 0 Å². The van der Waals surface area contributed by atoms with E-state index in [1.54, 1.807) is 0 Å². The van der Waals surface area contributed by atoms with Gasteiger partial charge in [-0.2, -0.15) is 0 Å². The van der Waals surface area contributed by atoms with Gasteiger partial charge in [-0.25, -0.2) is 0 Å². The molecule has 1 N–H and O–H groups in total. The van der Waals surface area contributed by atoms with E-state index < -0.39 is 0 Å². The number of hydrogen-bond donors (Lipinski definition) is 1. The number of ether oxygens (including phenoxy) is 1. The monoisotopic (exact) mass is 227 g/mol. The van der Waals surface area contributed by atoms with Gasteiger partial charge >= 0.3 is 5.97 Å². The van der Waals surface area contributed by atoms with Crippen molar-refractivity contribution in [2.45, 2.75) is 65.0 Å². The smallest absolute Gasteiger partial charge is 0.310 e. The Bertz CT molecular complexity index is 227. The lowest BCUT2D eigenvalue weighted by molar-refractivity contribution is -0.159. The van der Waals surface area contributed by atoms with E-state index in [0.717, 1.165) is 6.54 Å². The lowest BCUT2D eigenvalue weighted by atomic mass is 10.1. The van der Waals surface area contributed by atoms with Crippen LogP contribution in [-0.4, -0.2) is 24.2 Å². The minimum Gasteiger partial charge on any atom is -0.460 e. The first-order chi connectivity index (χ1) is 7.38. The number of hydrogen-bond acceptors (Lipinski definition) is 3. The van der Waals surface area contributed by atoms with E-state index in [2.05, 4.69) is 5.32 Å². The van der Waals surface area contributed by atoms with Gasteiger partial charge < -0.3 is 10.1 Å². The molecule has 1 aliphatic rings. The fraction of sp³-hybridized carbons (Fsp3) is 0.923. The summed E-state index contributed by atoms with van der Waals surface area (Å²) in [6.45, 7) is 8.38. The number of rotatable bonds is 4. The maximum Gasteiger partial charge on any atom is 0.310 e. The molecule has 0 heterocycles. The molecular weight excluding hydrogens is 202 g/mol. The van der Waals surface area contributed by atoms with Crippen molar-refractivity contribution < 1.29 is 9.53 Å². The average Bonchev–Trinajstić information content (AvgIpc) is 2.63. The first kappa shape index (κ1) is 13.5. The van der Waals surface area contributed by atoms with Gasteiger partial charge in [-0.3, -0.25) is 4.79 Å². The Morgan fingerprint density at radius 2 is 1.94 bits per heavy atom. The van der Waals surface area contributed by atoms with E-state index in [9.17, 15) is 4.79 Å². The molecule has 0 aromatic heterocycles. The van der Waals surface area contributed by atoms with Crippen LogP contribution in [-0.2, 0) is 9.53 Å². The van der Waals surface area contributed by atoms with Gasteiger partial charge in [0.05, 0.1) is 5.92 Å². The molecule has 0 amide bonds. The predicted octanol–water partition coefficient (Wildman–Crippen LogP) is 2.50. The molecular formula is C13H25NO2. The summed E-state index contributed by atoms with van der Waals surface area (Å²) >= 11 is 0. The maximum absolute atomic E-state index is 11.7. The summed E-state index contributed by atoms with van der Waals surface area (Å²) in [5.41, 5.74) is -0.376. The lowest BCUT2D eigenvalue weighted by Gasteiger charge is -2.23. The molecule has 0 unspecified atom stereocenters. The van der Waals surface area contributed by atoms with E-state index in [4.69, 9.17) is 4.74 Å². The zero-order valence-corrected chi connectivity index (χ0v) is 11.0. The molecule has 1 rings (SSSR count). The van der Waals surface area contributed by atoms with Crippen molar-refractivity contribution in [1.29, 1.82) is 0 Å². The molecule has 94 valence electrons. The Hall–Kier alpha value is -0.570. The van der Waals surface area contributed by atoms with Crippen molar-refractivity contribution in [2.24, 2.45) is 5.92 Å². The number of esters is 1. The Morgan fingerprint density at radius 1 is 1.38 bits per heavy atom. The summed E-state index contributed by atoms with van der Waals surface area (Å²) in [4.78, 5) is 11.7. The SMILES string of the molecule is C[C@H](CNC1CCCC1)C(=O)OC(C)(C)C. The van der Waals surface area contributed by atoms with Crippen molar-refractivity contribution in [1.82, 2.24) is 5.32 Å². The fourth-order valence-electron chi connectivity index (χ4n) is 1.96. The van der Waals surface area contributed by atoms with E-state index >= 15 is 0 Å². The van der Waals surface area contributed by atoms with E-state index in [1.165, 1.54) is 25.7 Å². The van der Waals surface area contributed by atoms with E-state index in [1.807, 2.05) is 27.7 Å². The zero-order valence-electron chi connectivity index (χ0n) is 11.0. The Kier molecular flexibility index (Phi) is 4.78. The summed E-state index contributed by atoms with van der Waals surface area (Å²) < 4.78 is 5.34. The zero-order chi connectivity index (χ0) is 12.2. The van der Waals surface area contributed by atoms with Gasteiger partial charge in [-0.1, -0.05) is 19.8 Å². The highest BCUT2D eigenvalue weighted by molar-refractivity contribution is 5.72. The topological polar surface area (TPSA) is 38.3 Å². The first-order valence-electron chi connectivity index (χ1n) is 6.35. The van der Waals surface area contributed by atoms with Crippen LogP contribution in [0.25, 0.3) is 0 Å². The van der Waals surface area contributed by atoms with Crippen LogP contribution < -0.4 is 5.32 Å². The summed E-state index contributed by atoms with van der Waals surface area (Å²) in [5, 5.41) is 3.45. The van der Waals surface area contributed by atoms with Crippen LogP contribution >= 0.6 is 0 Å². The van der Waals surface area contributed by atoms with Crippen molar-refractivity contribution >= 4 is 5.97 Å². The van der Waals surface area contributed by atoms with Crippen LogP contribution in [0.5, 0.6) is 0 Å². The Morgan fingerprint density at radius 3 is 2.44 bits per heavy atom. The summed E-state index contributed by atoms with van der Waals surface area (Å²) in [6, 6.07) is 0.616. The molecule has 1 aliphatic carbocycles. The lowest BCUT2D eigenvalue weighted by Crippen LogP contribution is -2.36. The first-order valence-corrected chi connectivity index (χ1v) is 6.35. The summed E-state index contributed by atoms with van der Waals surface area (Å²) in [5.74, 6) is -0.155. The molecule has 3 heteroatoms. The van der Waals surface area contributed by atoms with Gasteiger partial charge in [0.25, 0.3) is 0 Å². The molecule has 3 nitrogen and oxygen atoms in total. The second kappa shape index (κ2) is 5.67. The molecule has 1 atom stereocenters. The van der Waals surface area contributed by atoms with Gasteiger partial charge in [0.15, 0.2) is 0 Å². The molecule has 0 aromatic carbocycles. The van der Waals surface area contributed by atoms with Crippen LogP contribution in [0.1, 0.15) is 53.4 Å². The quantitative estimate of drug-likeness (QED) is 0.750. The maximum atomic E-state index is 11.7. The molecule has 16 heavy (non-hydrogen) atoms. The Labute approximate surface area is 98.9 Å². The van der Waals surface area contributed by atoms with Crippen molar-refractivity contribution in [3.63, 3.8) is 0 Å². The highest BCUT2D eigenvalue weighted by Crippen LogP contribution is 2.18. The van der Waals surface area contributed by atoms with Crippen LogP contribution in [0.3, 0.4) is 0 Å². The molecule has 0 bridgehead atoms. The molecule has 0 spiro atoms. The van der Waals surface area contributed by atoms with Crippen LogP contribution in [0.15, 0.2) is 0 Å². The number of carbonyl (C=O) groups is 1. The largest absolute Gasteiger partial charge is 0.460 e. The van der Waals surface area contributed by atoms with Gasteiger partial charge in [-0.15, -0.1) is 0 Å². The van der Waals surface area contributed by atoms with Crippen molar-refractivity contribution in [3.8, 4) is 0 Å². The van der Waals surface area contributed by atoms with Gasteiger partial charge in [0.2, 0.25) is 0 Å². The molecule has 1 saturated carbocycles. The van der Waals surface area contributed by atoms with Gasteiger partial charge in [0.1, 0.15) is 5.60 Å². The predicted molar refractivity (Wildman–Crippen MR) is 65.3 cm³/mol. The second-order valence-electron chi connectivity index (χ2n) is 5.82. The molecule has 0 saturated heterocycles. The van der Waals surface area contributed by atoms with Crippen LogP contribution in [0.4, 0.5) is 0 Å². The Balaban J connectivity index is 2.23. The van der Waals surface area contributed by atoms with Crippen LogP contribution in [0.2, 0.25) is 0 Å². The fourth-order valence-corrected chi connectivity index (χ4v) is 1.96. The number of carbonyl (C=O) groups excluding carboxylic acids is 1. The van der Waals surface area contributed by atoms with E-state index in [0.29, 0.717) is 6.04 Å².